The zero-order valence-electron chi connectivity index (χ0n) is 13.9. The highest BCUT2D eigenvalue weighted by atomic mass is 35.5. The second kappa shape index (κ2) is 6.04. The highest BCUT2D eigenvalue weighted by Crippen LogP contribution is 2.31. The lowest BCUT2D eigenvalue weighted by atomic mass is 10.1. The third-order valence-corrected chi connectivity index (χ3v) is 4.41. The largest absolute Gasteiger partial charge is 0.480 e. The number of pyridine rings is 1. The van der Waals surface area contributed by atoms with Crippen LogP contribution in [-0.4, -0.2) is 26.8 Å². The number of nitrogens with zero attached hydrogens (tertiary/aromatic N) is 3. The van der Waals surface area contributed by atoms with Crippen LogP contribution < -0.4 is 10.1 Å². The fourth-order valence-electron chi connectivity index (χ4n) is 2.97. The van der Waals surface area contributed by atoms with Crippen LogP contribution in [0, 0.1) is 0 Å². The first-order chi connectivity index (χ1) is 12.0. The van der Waals surface area contributed by atoms with Gasteiger partial charge in [-0.15, -0.1) is 0 Å². The van der Waals surface area contributed by atoms with Gasteiger partial charge in [0, 0.05) is 22.9 Å². The van der Waals surface area contributed by atoms with E-state index in [0.717, 1.165) is 16.6 Å². The average Bonchev–Trinajstić information content (AvgIpc) is 3.17. The van der Waals surface area contributed by atoms with Gasteiger partial charge in [-0.2, -0.15) is 5.10 Å². The molecule has 0 bridgehead atoms. The Morgan fingerprint density at radius 1 is 1.36 bits per heavy atom. The van der Waals surface area contributed by atoms with Crippen LogP contribution in [0.15, 0.2) is 36.7 Å². The summed E-state index contributed by atoms with van der Waals surface area (Å²) in [7, 11) is 0. The van der Waals surface area contributed by atoms with Crippen molar-refractivity contribution in [1.29, 1.82) is 0 Å². The second-order valence-corrected chi connectivity index (χ2v) is 6.81. The van der Waals surface area contributed by atoms with Crippen molar-refractivity contribution < 1.29 is 9.53 Å². The number of ether oxygens (including phenoxy) is 1. The molecule has 1 unspecified atom stereocenters. The molecule has 1 aliphatic heterocycles. The minimum Gasteiger partial charge on any atom is -0.480 e. The van der Waals surface area contributed by atoms with Gasteiger partial charge in [-0.05, 0) is 43.7 Å². The summed E-state index contributed by atoms with van der Waals surface area (Å²) >= 11 is 5.99. The minimum absolute atomic E-state index is 0.204. The molecule has 3 heterocycles. The Hall–Kier alpha value is -2.60. The summed E-state index contributed by atoms with van der Waals surface area (Å²) in [4.78, 5) is 16.9. The zero-order chi connectivity index (χ0) is 17.6. The van der Waals surface area contributed by atoms with E-state index >= 15 is 0 Å². The first kappa shape index (κ1) is 15.9. The van der Waals surface area contributed by atoms with Gasteiger partial charge in [-0.25, -0.2) is 9.67 Å². The third-order valence-electron chi connectivity index (χ3n) is 4.18. The number of fused-ring (bicyclic) bond motifs is 2. The summed E-state index contributed by atoms with van der Waals surface area (Å²) in [6.07, 6.45) is 3.33. The van der Waals surface area contributed by atoms with Gasteiger partial charge < -0.3 is 10.1 Å². The Morgan fingerprint density at radius 3 is 3.00 bits per heavy atom. The Labute approximate surface area is 149 Å². The van der Waals surface area contributed by atoms with E-state index in [2.05, 4.69) is 15.4 Å². The highest BCUT2D eigenvalue weighted by molar-refractivity contribution is 6.30. The first-order valence-electron chi connectivity index (χ1n) is 8.10. The zero-order valence-corrected chi connectivity index (χ0v) is 14.6. The van der Waals surface area contributed by atoms with Crippen molar-refractivity contribution in [1.82, 2.24) is 14.8 Å². The van der Waals surface area contributed by atoms with Crippen LogP contribution in [0.4, 0.5) is 5.69 Å². The lowest BCUT2D eigenvalue weighted by Gasteiger charge is -2.11. The normalized spacial score (nSPS) is 16.1. The maximum absolute atomic E-state index is 12.5. The Balaban J connectivity index is 1.51. The molecule has 7 heteroatoms. The van der Waals surface area contributed by atoms with Crippen LogP contribution in [0.25, 0.3) is 11.0 Å². The van der Waals surface area contributed by atoms with Gasteiger partial charge in [-0.1, -0.05) is 11.6 Å². The number of anilines is 1. The monoisotopic (exact) mass is 356 g/mol. The molecule has 2 aromatic heterocycles. The standard InChI is InChI=1S/C18H17ClN4O2/c1-10(2)23-17-12(8-21-23)6-14(9-20-17)22-18(24)16-7-11-5-13(19)3-4-15(11)25-16/h3-6,8-10,16H,7H2,1-2H3,(H,22,24). The quantitative estimate of drug-likeness (QED) is 0.778. The second-order valence-electron chi connectivity index (χ2n) is 6.37. The maximum atomic E-state index is 12.5. The molecule has 3 aromatic rings. The van der Waals surface area contributed by atoms with Crippen molar-refractivity contribution in [3.8, 4) is 5.75 Å². The molecule has 1 aliphatic rings. The molecule has 6 nitrogen and oxygen atoms in total. The first-order valence-corrected chi connectivity index (χ1v) is 8.48. The molecule has 4 rings (SSSR count). The average molecular weight is 357 g/mol. The summed E-state index contributed by atoms with van der Waals surface area (Å²) in [5.74, 6) is 0.501. The van der Waals surface area contributed by atoms with Crippen LogP contribution >= 0.6 is 11.6 Å². The molecule has 0 saturated carbocycles. The van der Waals surface area contributed by atoms with Crippen molar-refractivity contribution in [3.63, 3.8) is 0 Å². The Morgan fingerprint density at radius 2 is 2.20 bits per heavy atom. The van der Waals surface area contributed by atoms with Crippen molar-refractivity contribution in [2.24, 2.45) is 0 Å². The third kappa shape index (κ3) is 2.93. The molecular formula is C18H17ClN4O2. The summed E-state index contributed by atoms with van der Waals surface area (Å²) in [6.45, 7) is 4.09. The molecule has 1 atom stereocenters. The minimum atomic E-state index is -0.567. The molecule has 1 N–H and O–H groups in total. The fourth-order valence-corrected chi connectivity index (χ4v) is 3.17. The number of rotatable bonds is 3. The van der Waals surface area contributed by atoms with Crippen molar-refractivity contribution in [2.45, 2.75) is 32.4 Å². The number of carbonyl (C=O) groups is 1. The van der Waals surface area contributed by atoms with E-state index < -0.39 is 6.10 Å². The molecule has 1 amide bonds. The van der Waals surface area contributed by atoms with Crippen LogP contribution in [0.5, 0.6) is 5.75 Å². The number of hydrogen-bond donors (Lipinski definition) is 1. The highest BCUT2D eigenvalue weighted by Gasteiger charge is 2.29. The number of benzene rings is 1. The van der Waals surface area contributed by atoms with Crippen molar-refractivity contribution in [2.75, 3.05) is 5.32 Å². The SMILES string of the molecule is CC(C)n1ncc2cc(NC(=O)C3Cc4cc(Cl)ccc4O3)cnc21. The van der Waals surface area contributed by atoms with Crippen LogP contribution in [0.3, 0.4) is 0 Å². The summed E-state index contributed by atoms with van der Waals surface area (Å²) < 4.78 is 7.56. The molecule has 0 radical (unpaired) electrons. The van der Waals surface area contributed by atoms with Gasteiger partial charge in [0.2, 0.25) is 0 Å². The van der Waals surface area contributed by atoms with Crippen molar-refractivity contribution >= 4 is 34.2 Å². The molecular weight excluding hydrogens is 340 g/mol. The number of amides is 1. The molecule has 25 heavy (non-hydrogen) atoms. The van der Waals surface area contributed by atoms with E-state index in [0.29, 0.717) is 22.9 Å². The molecule has 0 fully saturated rings. The van der Waals surface area contributed by atoms with Crippen LogP contribution in [0.2, 0.25) is 5.02 Å². The number of aromatic nitrogens is 3. The van der Waals surface area contributed by atoms with E-state index in [1.807, 2.05) is 30.7 Å². The fraction of sp³-hybridized carbons (Fsp3) is 0.278. The molecule has 1 aromatic carbocycles. The summed E-state index contributed by atoms with van der Waals surface area (Å²) in [5.41, 5.74) is 2.37. The van der Waals surface area contributed by atoms with E-state index in [1.165, 1.54) is 0 Å². The number of halogens is 1. The number of carbonyl (C=O) groups excluding carboxylic acids is 1. The maximum Gasteiger partial charge on any atom is 0.265 e. The molecule has 0 aliphatic carbocycles. The Kier molecular flexibility index (Phi) is 3.84. The van der Waals surface area contributed by atoms with E-state index in [9.17, 15) is 4.79 Å². The number of hydrogen-bond acceptors (Lipinski definition) is 4. The molecule has 128 valence electrons. The Bertz CT molecular complexity index is 967. The number of nitrogens with one attached hydrogen (secondary N) is 1. The van der Waals surface area contributed by atoms with Gasteiger partial charge >= 0.3 is 0 Å². The molecule has 0 spiro atoms. The summed E-state index contributed by atoms with van der Waals surface area (Å²) in [6, 6.07) is 7.47. The van der Waals surface area contributed by atoms with E-state index in [1.54, 1.807) is 24.5 Å². The van der Waals surface area contributed by atoms with E-state index in [-0.39, 0.29) is 11.9 Å². The van der Waals surface area contributed by atoms with Crippen LogP contribution in [0.1, 0.15) is 25.5 Å². The van der Waals surface area contributed by atoms with Gasteiger partial charge in [0.15, 0.2) is 11.8 Å². The lowest BCUT2D eigenvalue weighted by Crippen LogP contribution is -2.31. The summed E-state index contributed by atoms with van der Waals surface area (Å²) in [5, 5.41) is 8.72. The predicted octanol–water partition coefficient (Wildman–Crippen LogP) is 3.61. The lowest BCUT2D eigenvalue weighted by molar-refractivity contribution is -0.122. The van der Waals surface area contributed by atoms with Gasteiger partial charge in [0.05, 0.1) is 18.1 Å². The van der Waals surface area contributed by atoms with Gasteiger partial charge in [0.25, 0.3) is 5.91 Å². The smallest absolute Gasteiger partial charge is 0.265 e. The molecule has 0 saturated heterocycles. The van der Waals surface area contributed by atoms with Gasteiger partial charge in [-0.3, -0.25) is 4.79 Å². The van der Waals surface area contributed by atoms with Crippen LogP contribution in [-0.2, 0) is 11.2 Å². The van der Waals surface area contributed by atoms with Crippen molar-refractivity contribution in [3.05, 3.63) is 47.2 Å². The topological polar surface area (TPSA) is 69.0 Å². The van der Waals surface area contributed by atoms with E-state index in [4.69, 9.17) is 16.3 Å². The predicted molar refractivity (Wildman–Crippen MR) is 96.1 cm³/mol. The van der Waals surface area contributed by atoms with Gasteiger partial charge in [0.1, 0.15) is 5.75 Å².